The summed E-state index contributed by atoms with van der Waals surface area (Å²) in [6.07, 6.45) is 0.680. The summed E-state index contributed by atoms with van der Waals surface area (Å²) >= 11 is 0. The van der Waals surface area contributed by atoms with Gasteiger partial charge < -0.3 is 15.7 Å². The first-order valence-electron chi connectivity index (χ1n) is 7.00. The highest BCUT2D eigenvalue weighted by atomic mass is 16.4. The largest absolute Gasteiger partial charge is 0.480 e. The third-order valence-electron chi connectivity index (χ3n) is 2.69. The first kappa shape index (κ1) is 19.8. The van der Waals surface area contributed by atoms with E-state index in [0.717, 1.165) is 0 Å². The standard InChI is InChI=1S/C14H22N2O6/c1-9(17)7-12(19)15-6-4-3-5-11(14(21)22)16-13(20)8-10(2)18/h11H,3-8H2,1-2H3,(H,15,19)(H,16,20)(H,21,22)/t11-/m0/s1. The molecule has 0 saturated heterocycles. The molecule has 0 radical (unpaired) electrons. The second kappa shape index (κ2) is 10.5. The molecule has 124 valence electrons. The minimum atomic E-state index is -1.17. The predicted octanol–water partition coefficient (Wildman–Crippen LogP) is -0.199. The number of carbonyl (C=O) groups is 5. The second-order valence-corrected chi connectivity index (χ2v) is 5.06. The van der Waals surface area contributed by atoms with Crippen LogP contribution in [0.1, 0.15) is 46.0 Å². The molecule has 8 nitrogen and oxygen atoms in total. The Kier molecular flexibility index (Phi) is 9.40. The van der Waals surface area contributed by atoms with Crippen LogP contribution in [0.25, 0.3) is 0 Å². The van der Waals surface area contributed by atoms with Gasteiger partial charge in [0.2, 0.25) is 11.8 Å². The molecular weight excluding hydrogens is 292 g/mol. The number of Topliss-reactive ketones (excluding diaryl/α,β-unsaturated/α-hetero) is 2. The van der Waals surface area contributed by atoms with E-state index in [1.807, 2.05) is 0 Å². The summed E-state index contributed by atoms with van der Waals surface area (Å²) in [5, 5.41) is 13.8. The number of unbranched alkanes of at least 4 members (excludes halogenated alkanes) is 1. The minimum absolute atomic E-state index is 0.168. The topological polar surface area (TPSA) is 130 Å². The molecule has 0 rings (SSSR count). The van der Waals surface area contributed by atoms with Crippen molar-refractivity contribution in [2.24, 2.45) is 0 Å². The van der Waals surface area contributed by atoms with Crippen molar-refractivity contribution in [2.75, 3.05) is 6.54 Å². The van der Waals surface area contributed by atoms with E-state index in [0.29, 0.717) is 19.4 Å². The van der Waals surface area contributed by atoms with Crippen LogP contribution in [0, 0.1) is 0 Å². The van der Waals surface area contributed by atoms with Gasteiger partial charge in [-0.25, -0.2) is 4.79 Å². The Morgan fingerprint density at radius 1 is 0.909 bits per heavy atom. The maximum atomic E-state index is 11.4. The van der Waals surface area contributed by atoms with E-state index in [-0.39, 0.29) is 36.7 Å². The molecule has 0 fully saturated rings. The lowest BCUT2D eigenvalue weighted by Gasteiger charge is -2.14. The van der Waals surface area contributed by atoms with Crippen LogP contribution >= 0.6 is 0 Å². The summed E-state index contributed by atoms with van der Waals surface area (Å²) in [5.41, 5.74) is 0. The number of ketones is 2. The predicted molar refractivity (Wildman–Crippen MR) is 77.0 cm³/mol. The zero-order chi connectivity index (χ0) is 17.1. The van der Waals surface area contributed by atoms with Crippen molar-refractivity contribution in [3.05, 3.63) is 0 Å². The molecule has 0 aliphatic heterocycles. The van der Waals surface area contributed by atoms with Gasteiger partial charge >= 0.3 is 5.97 Å². The summed E-state index contributed by atoms with van der Waals surface area (Å²) in [5.74, 6) is -2.71. The van der Waals surface area contributed by atoms with Gasteiger partial charge in [-0.2, -0.15) is 0 Å². The molecule has 0 aromatic rings. The van der Waals surface area contributed by atoms with Crippen LogP contribution < -0.4 is 10.6 Å². The lowest BCUT2D eigenvalue weighted by atomic mass is 10.1. The van der Waals surface area contributed by atoms with Gasteiger partial charge in [0.25, 0.3) is 0 Å². The third kappa shape index (κ3) is 10.5. The van der Waals surface area contributed by atoms with Crippen molar-refractivity contribution in [3.63, 3.8) is 0 Å². The zero-order valence-corrected chi connectivity index (χ0v) is 12.8. The molecule has 0 saturated carbocycles. The Labute approximate surface area is 128 Å². The van der Waals surface area contributed by atoms with Crippen molar-refractivity contribution in [1.29, 1.82) is 0 Å². The number of carbonyl (C=O) groups excluding carboxylic acids is 4. The van der Waals surface area contributed by atoms with Gasteiger partial charge in [-0.1, -0.05) is 0 Å². The smallest absolute Gasteiger partial charge is 0.326 e. The highest BCUT2D eigenvalue weighted by molar-refractivity contribution is 5.98. The molecule has 0 aromatic carbocycles. The Bertz CT molecular complexity index is 447. The molecule has 0 aromatic heterocycles. The SMILES string of the molecule is CC(=O)CC(=O)NCCCC[C@H](NC(=O)CC(C)=O)C(=O)O. The number of aliphatic carboxylic acids is 1. The summed E-state index contributed by atoms with van der Waals surface area (Å²) in [4.78, 5) is 55.0. The van der Waals surface area contributed by atoms with E-state index >= 15 is 0 Å². The first-order valence-corrected chi connectivity index (χ1v) is 7.00. The monoisotopic (exact) mass is 314 g/mol. The van der Waals surface area contributed by atoms with Crippen molar-refractivity contribution in [3.8, 4) is 0 Å². The highest BCUT2D eigenvalue weighted by Crippen LogP contribution is 2.02. The van der Waals surface area contributed by atoms with Crippen LogP contribution in [0.2, 0.25) is 0 Å². The fourth-order valence-electron chi connectivity index (χ4n) is 1.72. The average molecular weight is 314 g/mol. The number of rotatable bonds is 11. The molecule has 0 aliphatic carbocycles. The zero-order valence-electron chi connectivity index (χ0n) is 12.8. The fraction of sp³-hybridized carbons (Fsp3) is 0.643. The summed E-state index contributed by atoms with van der Waals surface area (Å²) in [7, 11) is 0. The van der Waals surface area contributed by atoms with Gasteiger partial charge in [0.1, 0.15) is 17.6 Å². The molecule has 0 aliphatic rings. The molecule has 0 bridgehead atoms. The van der Waals surface area contributed by atoms with Gasteiger partial charge in [-0.3, -0.25) is 19.2 Å². The second-order valence-electron chi connectivity index (χ2n) is 5.06. The van der Waals surface area contributed by atoms with Crippen molar-refractivity contribution < 1.29 is 29.1 Å². The number of carboxylic acid groups (broad SMARTS) is 1. The van der Waals surface area contributed by atoms with Crippen molar-refractivity contribution >= 4 is 29.4 Å². The summed E-state index contributed by atoms with van der Waals surface area (Å²) in [6.45, 7) is 2.90. The lowest BCUT2D eigenvalue weighted by Crippen LogP contribution is -2.41. The molecular formula is C14H22N2O6. The normalized spacial score (nSPS) is 11.4. The van der Waals surface area contributed by atoms with E-state index in [4.69, 9.17) is 5.11 Å². The van der Waals surface area contributed by atoms with Crippen molar-refractivity contribution in [1.82, 2.24) is 10.6 Å². The number of hydrogen-bond donors (Lipinski definition) is 3. The van der Waals surface area contributed by atoms with E-state index in [1.54, 1.807) is 0 Å². The van der Waals surface area contributed by atoms with Gasteiger partial charge in [-0.15, -0.1) is 0 Å². The maximum absolute atomic E-state index is 11.4. The molecule has 22 heavy (non-hydrogen) atoms. The average Bonchev–Trinajstić information content (AvgIpc) is 2.34. The fourth-order valence-corrected chi connectivity index (χ4v) is 1.72. The van der Waals surface area contributed by atoms with Crippen LogP contribution in [-0.2, 0) is 24.0 Å². The van der Waals surface area contributed by atoms with Crippen LogP contribution in [0.5, 0.6) is 0 Å². The number of nitrogens with one attached hydrogen (secondary N) is 2. The molecule has 0 spiro atoms. The summed E-state index contributed by atoms with van der Waals surface area (Å²) in [6, 6.07) is -1.06. The minimum Gasteiger partial charge on any atom is -0.480 e. The number of hydrogen-bond acceptors (Lipinski definition) is 5. The highest BCUT2D eigenvalue weighted by Gasteiger charge is 2.19. The Morgan fingerprint density at radius 2 is 1.45 bits per heavy atom. The van der Waals surface area contributed by atoms with Gasteiger partial charge in [0.05, 0.1) is 12.8 Å². The Morgan fingerprint density at radius 3 is 1.95 bits per heavy atom. The van der Waals surface area contributed by atoms with Crippen LogP contribution in [0.15, 0.2) is 0 Å². The number of amides is 2. The quantitative estimate of drug-likeness (QED) is 0.358. The Balaban J connectivity index is 3.99. The van der Waals surface area contributed by atoms with Gasteiger partial charge in [-0.05, 0) is 33.1 Å². The Hall–Kier alpha value is -2.25. The molecule has 3 N–H and O–H groups in total. The maximum Gasteiger partial charge on any atom is 0.326 e. The van der Waals surface area contributed by atoms with Crippen LogP contribution in [0.4, 0.5) is 0 Å². The summed E-state index contributed by atoms with van der Waals surface area (Å²) < 4.78 is 0. The van der Waals surface area contributed by atoms with Crippen LogP contribution in [0.3, 0.4) is 0 Å². The molecule has 1 atom stereocenters. The van der Waals surface area contributed by atoms with E-state index in [2.05, 4.69) is 10.6 Å². The number of carboxylic acids is 1. The molecule has 8 heteroatoms. The first-order chi connectivity index (χ1) is 10.2. The lowest BCUT2D eigenvalue weighted by molar-refractivity contribution is -0.142. The van der Waals surface area contributed by atoms with Crippen LogP contribution in [-0.4, -0.2) is 47.0 Å². The van der Waals surface area contributed by atoms with Gasteiger partial charge in [0.15, 0.2) is 0 Å². The van der Waals surface area contributed by atoms with Gasteiger partial charge in [0, 0.05) is 6.54 Å². The third-order valence-corrected chi connectivity index (χ3v) is 2.69. The molecule has 0 heterocycles. The molecule has 0 unspecified atom stereocenters. The van der Waals surface area contributed by atoms with Crippen molar-refractivity contribution in [2.45, 2.75) is 52.0 Å². The van der Waals surface area contributed by atoms with E-state index in [1.165, 1.54) is 13.8 Å². The van der Waals surface area contributed by atoms with E-state index < -0.39 is 17.9 Å². The molecule has 2 amide bonds. The van der Waals surface area contributed by atoms with E-state index in [9.17, 15) is 24.0 Å².